The molecule has 1 rings (SSSR count). The van der Waals surface area contributed by atoms with Gasteiger partial charge in [-0.05, 0) is 12.3 Å². The minimum absolute atomic E-state index is 0.264. The number of ether oxygens (including phenoxy) is 1. The van der Waals surface area contributed by atoms with Crippen LogP contribution in [0.1, 0.15) is 19.8 Å². The van der Waals surface area contributed by atoms with Gasteiger partial charge in [-0.1, -0.05) is 13.3 Å². The lowest BCUT2D eigenvalue weighted by Gasteiger charge is -2.06. The van der Waals surface area contributed by atoms with E-state index in [0.717, 1.165) is 12.8 Å². The molecule has 1 aliphatic carbocycles. The quantitative estimate of drug-likeness (QED) is 0.565. The summed E-state index contributed by atoms with van der Waals surface area (Å²) in [7, 11) is 1.38. The Labute approximate surface area is 60.5 Å². The smallest absolute Gasteiger partial charge is 0.326 e. The molecule has 3 heteroatoms. The molecule has 58 valence electrons. The summed E-state index contributed by atoms with van der Waals surface area (Å²) in [4.78, 5) is 10.9. The van der Waals surface area contributed by atoms with Crippen LogP contribution in [-0.4, -0.2) is 18.6 Å². The topological polar surface area (TPSA) is 52.3 Å². The molecule has 0 aromatic carbocycles. The number of rotatable bonds is 2. The van der Waals surface area contributed by atoms with Crippen molar-refractivity contribution in [2.75, 3.05) is 7.11 Å². The average Bonchev–Trinajstić information content (AvgIpc) is 2.61. The van der Waals surface area contributed by atoms with Crippen molar-refractivity contribution < 1.29 is 9.53 Å². The monoisotopic (exact) mass is 143 g/mol. The molecule has 1 fully saturated rings. The van der Waals surface area contributed by atoms with Crippen LogP contribution in [0.4, 0.5) is 0 Å². The molecule has 2 atom stereocenters. The number of hydrogen-bond donors (Lipinski definition) is 1. The number of esters is 1. The van der Waals surface area contributed by atoms with Crippen molar-refractivity contribution in [2.24, 2.45) is 11.7 Å². The molecule has 0 heterocycles. The molecule has 0 aromatic rings. The molecule has 1 saturated carbocycles. The van der Waals surface area contributed by atoms with Crippen LogP contribution in [0.2, 0.25) is 0 Å². The minimum atomic E-state index is -0.635. The van der Waals surface area contributed by atoms with Crippen molar-refractivity contribution in [3.05, 3.63) is 0 Å². The van der Waals surface area contributed by atoms with Gasteiger partial charge in [-0.25, -0.2) is 0 Å². The van der Waals surface area contributed by atoms with Gasteiger partial charge < -0.3 is 10.5 Å². The number of hydrogen-bond acceptors (Lipinski definition) is 3. The highest BCUT2D eigenvalue weighted by Gasteiger charge is 2.56. The SMILES string of the molecule is CC[C@H]1C[C@@]1(N)C(=O)OC. The first-order valence-electron chi connectivity index (χ1n) is 3.52. The van der Waals surface area contributed by atoms with Gasteiger partial charge in [-0.2, -0.15) is 0 Å². The van der Waals surface area contributed by atoms with Gasteiger partial charge in [0.05, 0.1) is 7.11 Å². The molecule has 0 spiro atoms. The van der Waals surface area contributed by atoms with Crippen molar-refractivity contribution in [1.29, 1.82) is 0 Å². The summed E-state index contributed by atoms with van der Waals surface area (Å²) in [5.74, 6) is 0.0827. The Morgan fingerprint density at radius 3 is 2.80 bits per heavy atom. The van der Waals surface area contributed by atoms with Crippen LogP contribution in [-0.2, 0) is 9.53 Å². The Morgan fingerprint density at radius 1 is 1.90 bits per heavy atom. The van der Waals surface area contributed by atoms with Crippen LogP contribution in [0.5, 0.6) is 0 Å². The van der Waals surface area contributed by atoms with E-state index in [4.69, 9.17) is 5.73 Å². The molecule has 0 unspecified atom stereocenters. The first-order valence-corrected chi connectivity index (χ1v) is 3.52. The Balaban J connectivity index is 2.50. The normalized spacial score (nSPS) is 37.3. The molecule has 1 aliphatic rings. The van der Waals surface area contributed by atoms with Gasteiger partial charge in [0.25, 0.3) is 0 Å². The van der Waals surface area contributed by atoms with E-state index in [-0.39, 0.29) is 5.97 Å². The Hall–Kier alpha value is -0.570. The summed E-state index contributed by atoms with van der Waals surface area (Å²) in [6.07, 6.45) is 1.75. The van der Waals surface area contributed by atoms with Gasteiger partial charge in [0.1, 0.15) is 5.54 Å². The Bertz CT molecular complexity index is 158. The third-order valence-corrected chi connectivity index (χ3v) is 2.21. The van der Waals surface area contributed by atoms with Crippen LogP contribution >= 0.6 is 0 Å². The fraction of sp³-hybridized carbons (Fsp3) is 0.857. The molecule has 0 radical (unpaired) electrons. The molecule has 0 bridgehead atoms. The van der Waals surface area contributed by atoms with Crippen LogP contribution in [0.3, 0.4) is 0 Å². The first-order chi connectivity index (χ1) is 4.65. The van der Waals surface area contributed by atoms with Crippen molar-refractivity contribution >= 4 is 5.97 Å². The maximum absolute atomic E-state index is 10.9. The Morgan fingerprint density at radius 2 is 2.50 bits per heavy atom. The van der Waals surface area contributed by atoms with E-state index in [0.29, 0.717) is 5.92 Å². The highest BCUT2D eigenvalue weighted by atomic mass is 16.5. The second-order valence-electron chi connectivity index (χ2n) is 2.84. The van der Waals surface area contributed by atoms with E-state index in [1.165, 1.54) is 7.11 Å². The van der Waals surface area contributed by atoms with E-state index in [2.05, 4.69) is 4.74 Å². The molecular formula is C7H13NO2. The lowest BCUT2D eigenvalue weighted by molar-refractivity contribution is -0.143. The van der Waals surface area contributed by atoms with E-state index >= 15 is 0 Å². The fourth-order valence-electron chi connectivity index (χ4n) is 1.30. The predicted molar refractivity (Wildman–Crippen MR) is 37.3 cm³/mol. The molecular weight excluding hydrogens is 130 g/mol. The molecule has 0 saturated heterocycles. The van der Waals surface area contributed by atoms with Gasteiger partial charge >= 0.3 is 5.97 Å². The van der Waals surface area contributed by atoms with E-state index in [1.54, 1.807) is 0 Å². The van der Waals surface area contributed by atoms with Crippen LogP contribution in [0.15, 0.2) is 0 Å². The summed E-state index contributed by atoms with van der Waals surface area (Å²) >= 11 is 0. The lowest BCUT2D eigenvalue weighted by Crippen LogP contribution is -2.36. The Kier molecular flexibility index (Phi) is 1.68. The molecule has 0 aliphatic heterocycles. The van der Waals surface area contributed by atoms with Gasteiger partial charge in [0.15, 0.2) is 0 Å². The largest absolute Gasteiger partial charge is 0.468 e. The molecule has 0 amide bonds. The maximum Gasteiger partial charge on any atom is 0.326 e. The standard InChI is InChI=1S/C7H13NO2/c1-3-5-4-7(5,8)6(9)10-2/h5H,3-4,8H2,1-2H3/t5-,7-/m0/s1. The summed E-state index contributed by atoms with van der Waals surface area (Å²) in [5.41, 5.74) is 5.05. The van der Waals surface area contributed by atoms with Gasteiger partial charge in [-0.3, -0.25) is 4.79 Å². The zero-order valence-electron chi connectivity index (χ0n) is 6.39. The second kappa shape index (κ2) is 2.23. The predicted octanol–water partition coefficient (Wildman–Crippen LogP) is 0.287. The summed E-state index contributed by atoms with van der Waals surface area (Å²) < 4.78 is 4.55. The average molecular weight is 143 g/mol. The van der Waals surface area contributed by atoms with Crippen molar-refractivity contribution in [3.63, 3.8) is 0 Å². The highest BCUT2D eigenvalue weighted by molar-refractivity contribution is 5.84. The van der Waals surface area contributed by atoms with Crippen LogP contribution in [0, 0.1) is 5.92 Å². The first kappa shape index (κ1) is 7.54. The van der Waals surface area contributed by atoms with Crippen molar-refractivity contribution in [2.45, 2.75) is 25.3 Å². The van der Waals surface area contributed by atoms with E-state index in [1.807, 2.05) is 6.92 Å². The minimum Gasteiger partial charge on any atom is -0.468 e. The van der Waals surface area contributed by atoms with Crippen LogP contribution < -0.4 is 5.73 Å². The fourth-order valence-corrected chi connectivity index (χ4v) is 1.30. The molecule has 10 heavy (non-hydrogen) atoms. The van der Waals surface area contributed by atoms with Crippen molar-refractivity contribution in [1.82, 2.24) is 0 Å². The van der Waals surface area contributed by atoms with Crippen molar-refractivity contribution in [3.8, 4) is 0 Å². The third kappa shape index (κ3) is 0.904. The lowest BCUT2D eigenvalue weighted by atomic mass is 10.2. The number of methoxy groups -OCH3 is 1. The number of carbonyl (C=O) groups excluding carboxylic acids is 1. The maximum atomic E-state index is 10.9. The number of carbonyl (C=O) groups is 1. The van der Waals surface area contributed by atoms with E-state index in [9.17, 15) is 4.79 Å². The van der Waals surface area contributed by atoms with E-state index < -0.39 is 5.54 Å². The van der Waals surface area contributed by atoms with Crippen LogP contribution in [0.25, 0.3) is 0 Å². The molecule has 0 aromatic heterocycles. The highest BCUT2D eigenvalue weighted by Crippen LogP contribution is 2.43. The van der Waals surface area contributed by atoms with Gasteiger partial charge in [-0.15, -0.1) is 0 Å². The van der Waals surface area contributed by atoms with Gasteiger partial charge in [0.2, 0.25) is 0 Å². The second-order valence-corrected chi connectivity index (χ2v) is 2.84. The summed E-state index contributed by atoms with van der Waals surface area (Å²) in [6, 6.07) is 0. The van der Waals surface area contributed by atoms with Gasteiger partial charge in [0, 0.05) is 0 Å². The summed E-state index contributed by atoms with van der Waals surface area (Å²) in [6.45, 7) is 2.03. The zero-order chi connectivity index (χ0) is 7.78. The summed E-state index contributed by atoms with van der Waals surface area (Å²) in [5, 5.41) is 0. The molecule has 3 nitrogen and oxygen atoms in total. The zero-order valence-corrected chi connectivity index (χ0v) is 6.39. The molecule has 2 N–H and O–H groups in total. The number of nitrogens with two attached hydrogens (primary N) is 1. The third-order valence-electron chi connectivity index (χ3n) is 2.21.